The molecule has 0 bridgehead atoms. The third-order valence-corrected chi connectivity index (χ3v) is 13.8. The highest BCUT2D eigenvalue weighted by Crippen LogP contribution is 2.19. The highest BCUT2D eigenvalue weighted by Gasteiger charge is 2.19. The zero-order chi connectivity index (χ0) is 47.5. The molecule has 0 fully saturated rings. The number of carbonyl (C=O) groups excluding carboxylic acids is 3. The van der Waals surface area contributed by atoms with E-state index < -0.39 is 6.10 Å². The van der Waals surface area contributed by atoms with E-state index in [4.69, 9.17) is 14.2 Å². The molecule has 0 spiro atoms. The molecule has 0 N–H and O–H groups in total. The van der Waals surface area contributed by atoms with Gasteiger partial charge in [0.25, 0.3) is 0 Å². The first kappa shape index (κ1) is 63.4. The van der Waals surface area contributed by atoms with Crippen molar-refractivity contribution in [1.29, 1.82) is 0 Å². The minimum absolute atomic E-state index is 0.0627. The van der Waals surface area contributed by atoms with Crippen molar-refractivity contribution < 1.29 is 28.6 Å². The molecule has 0 aromatic heterocycles. The summed E-state index contributed by atoms with van der Waals surface area (Å²) in [5.74, 6) is 0.875. The fourth-order valence-corrected chi connectivity index (χ4v) is 9.02. The molecule has 1 unspecified atom stereocenters. The van der Waals surface area contributed by atoms with Crippen LogP contribution in [0.1, 0.15) is 330 Å². The third-order valence-electron chi connectivity index (χ3n) is 13.8. The van der Waals surface area contributed by atoms with Crippen molar-refractivity contribution >= 4 is 17.9 Å². The zero-order valence-corrected chi connectivity index (χ0v) is 44.6. The van der Waals surface area contributed by atoms with Crippen LogP contribution in [-0.2, 0) is 28.6 Å². The first-order valence-corrected chi connectivity index (χ1v) is 29.3. The van der Waals surface area contributed by atoms with E-state index in [1.165, 1.54) is 218 Å². The Bertz CT molecular complexity index is 995. The van der Waals surface area contributed by atoms with Crippen LogP contribution in [-0.4, -0.2) is 37.2 Å². The normalized spacial score (nSPS) is 12.5. The van der Waals surface area contributed by atoms with Gasteiger partial charge >= 0.3 is 17.9 Å². The van der Waals surface area contributed by atoms with Crippen molar-refractivity contribution in [1.82, 2.24) is 0 Å². The number of hydrogen-bond donors (Lipinski definition) is 0. The van der Waals surface area contributed by atoms with Gasteiger partial charge in [0.1, 0.15) is 13.2 Å². The summed E-state index contributed by atoms with van der Waals surface area (Å²) in [6, 6.07) is 0. The van der Waals surface area contributed by atoms with Crippen LogP contribution in [0.2, 0.25) is 0 Å². The second kappa shape index (κ2) is 51.8. The van der Waals surface area contributed by atoms with E-state index in [0.29, 0.717) is 19.3 Å². The molecule has 0 rings (SSSR count). The quantitative estimate of drug-likeness (QED) is 0.0344. The largest absolute Gasteiger partial charge is 0.462 e. The Labute approximate surface area is 406 Å². The van der Waals surface area contributed by atoms with Crippen LogP contribution in [0.3, 0.4) is 0 Å². The molecular formula is C59H114O6. The molecule has 6 heteroatoms. The summed E-state index contributed by atoms with van der Waals surface area (Å²) in [7, 11) is 0. The van der Waals surface area contributed by atoms with Gasteiger partial charge in [-0.2, -0.15) is 0 Å². The average molecular weight is 920 g/mol. The summed E-state index contributed by atoms with van der Waals surface area (Å²) in [5, 5.41) is 0. The standard InChI is InChI=1S/C59H114O6/c1-6-8-9-10-11-12-13-14-15-16-21-24-31-36-41-46-51-59(62)65-56(53-64-58(61)50-45-40-35-30-26-25-27-32-37-42-47-54(3)4)52-63-57(60)49-44-39-34-29-23-20-18-17-19-22-28-33-38-43-48-55(5)7-2/h54-56H,6-53H2,1-5H3/t55?,56-/m0/s1. The van der Waals surface area contributed by atoms with E-state index in [1.54, 1.807) is 0 Å². The fraction of sp³-hybridized carbons (Fsp3) is 0.949. The highest BCUT2D eigenvalue weighted by atomic mass is 16.6. The van der Waals surface area contributed by atoms with Crippen molar-refractivity contribution in [2.24, 2.45) is 11.8 Å². The molecule has 386 valence electrons. The van der Waals surface area contributed by atoms with Crippen LogP contribution in [0.15, 0.2) is 0 Å². The molecule has 0 aliphatic carbocycles. The predicted molar refractivity (Wildman–Crippen MR) is 280 cm³/mol. The van der Waals surface area contributed by atoms with E-state index in [9.17, 15) is 14.4 Å². The van der Waals surface area contributed by atoms with Crippen molar-refractivity contribution in [3.8, 4) is 0 Å². The molecule has 65 heavy (non-hydrogen) atoms. The van der Waals surface area contributed by atoms with Crippen LogP contribution < -0.4 is 0 Å². The molecule has 0 heterocycles. The van der Waals surface area contributed by atoms with Gasteiger partial charge < -0.3 is 14.2 Å². The van der Waals surface area contributed by atoms with Gasteiger partial charge in [-0.1, -0.05) is 291 Å². The van der Waals surface area contributed by atoms with Crippen LogP contribution in [0, 0.1) is 11.8 Å². The molecule has 6 nitrogen and oxygen atoms in total. The molecule has 0 aromatic carbocycles. The van der Waals surface area contributed by atoms with Gasteiger partial charge in [0.2, 0.25) is 0 Å². The lowest BCUT2D eigenvalue weighted by Crippen LogP contribution is -2.30. The lowest BCUT2D eigenvalue weighted by atomic mass is 9.99. The SMILES string of the molecule is CCCCCCCCCCCCCCCCCCC(=O)O[C@@H](COC(=O)CCCCCCCCCCCCCCCCC(C)CC)COC(=O)CCCCCCCCCCCCC(C)C. The zero-order valence-electron chi connectivity index (χ0n) is 44.6. The lowest BCUT2D eigenvalue weighted by Gasteiger charge is -2.18. The van der Waals surface area contributed by atoms with E-state index in [1.807, 2.05) is 0 Å². The van der Waals surface area contributed by atoms with Gasteiger partial charge in [-0.25, -0.2) is 0 Å². The Morgan fingerprint density at radius 1 is 0.323 bits per heavy atom. The maximum absolute atomic E-state index is 12.9. The van der Waals surface area contributed by atoms with Gasteiger partial charge in [0, 0.05) is 19.3 Å². The average Bonchev–Trinajstić information content (AvgIpc) is 3.29. The number of esters is 3. The summed E-state index contributed by atoms with van der Waals surface area (Å²) in [5.41, 5.74) is 0. The monoisotopic (exact) mass is 919 g/mol. The number of rotatable bonds is 53. The highest BCUT2D eigenvalue weighted by molar-refractivity contribution is 5.71. The molecule has 0 radical (unpaired) electrons. The number of unbranched alkanes of at least 4 members (excludes halogenated alkanes) is 37. The molecule has 0 aliphatic rings. The Hall–Kier alpha value is -1.59. The Balaban J connectivity index is 4.29. The van der Waals surface area contributed by atoms with Crippen molar-refractivity contribution in [3.05, 3.63) is 0 Å². The van der Waals surface area contributed by atoms with E-state index in [-0.39, 0.29) is 31.1 Å². The maximum atomic E-state index is 12.9. The number of carbonyl (C=O) groups is 3. The molecular weight excluding hydrogens is 805 g/mol. The summed E-state index contributed by atoms with van der Waals surface area (Å²) < 4.78 is 16.9. The first-order chi connectivity index (χ1) is 31.8. The van der Waals surface area contributed by atoms with Crippen molar-refractivity contribution in [3.63, 3.8) is 0 Å². The molecule has 0 amide bonds. The van der Waals surface area contributed by atoms with Gasteiger partial charge in [-0.05, 0) is 31.1 Å². The number of hydrogen-bond acceptors (Lipinski definition) is 6. The molecule has 0 aromatic rings. The maximum Gasteiger partial charge on any atom is 0.306 e. The Kier molecular flexibility index (Phi) is 50.5. The predicted octanol–water partition coefficient (Wildman–Crippen LogP) is 19.3. The lowest BCUT2D eigenvalue weighted by molar-refractivity contribution is -0.167. The smallest absolute Gasteiger partial charge is 0.306 e. The Morgan fingerprint density at radius 3 is 0.877 bits per heavy atom. The molecule has 0 saturated carbocycles. The van der Waals surface area contributed by atoms with Gasteiger partial charge in [0.15, 0.2) is 6.10 Å². The first-order valence-electron chi connectivity index (χ1n) is 29.3. The van der Waals surface area contributed by atoms with Crippen molar-refractivity contribution in [2.45, 2.75) is 336 Å². The summed E-state index contributed by atoms with van der Waals surface area (Å²) >= 11 is 0. The molecule has 0 saturated heterocycles. The fourth-order valence-electron chi connectivity index (χ4n) is 9.02. The summed E-state index contributed by atoms with van der Waals surface area (Å²) in [6.45, 7) is 11.4. The van der Waals surface area contributed by atoms with Crippen molar-refractivity contribution in [2.75, 3.05) is 13.2 Å². The van der Waals surface area contributed by atoms with Gasteiger partial charge in [-0.15, -0.1) is 0 Å². The van der Waals surface area contributed by atoms with Gasteiger partial charge in [0.05, 0.1) is 0 Å². The van der Waals surface area contributed by atoms with Crippen LogP contribution >= 0.6 is 0 Å². The second-order valence-corrected chi connectivity index (χ2v) is 21.0. The van der Waals surface area contributed by atoms with E-state index in [2.05, 4.69) is 34.6 Å². The van der Waals surface area contributed by atoms with E-state index in [0.717, 1.165) is 69.6 Å². The molecule has 2 atom stereocenters. The van der Waals surface area contributed by atoms with Crippen LogP contribution in [0.25, 0.3) is 0 Å². The topological polar surface area (TPSA) is 78.9 Å². The second-order valence-electron chi connectivity index (χ2n) is 21.0. The van der Waals surface area contributed by atoms with E-state index >= 15 is 0 Å². The van der Waals surface area contributed by atoms with Crippen LogP contribution in [0.4, 0.5) is 0 Å². The number of ether oxygens (including phenoxy) is 3. The minimum Gasteiger partial charge on any atom is -0.462 e. The summed E-state index contributed by atoms with van der Waals surface area (Å²) in [6.07, 6.45) is 55.1. The van der Waals surface area contributed by atoms with Gasteiger partial charge in [-0.3, -0.25) is 14.4 Å². The minimum atomic E-state index is -0.763. The summed E-state index contributed by atoms with van der Waals surface area (Å²) in [4.78, 5) is 38.1. The van der Waals surface area contributed by atoms with Crippen LogP contribution in [0.5, 0.6) is 0 Å². The third kappa shape index (κ3) is 51.6. The molecule has 0 aliphatic heterocycles. The Morgan fingerprint density at radius 2 is 0.585 bits per heavy atom.